The fourth-order valence-corrected chi connectivity index (χ4v) is 3.25. The summed E-state index contributed by atoms with van der Waals surface area (Å²) in [7, 11) is 0. The molecule has 90 valence electrons. The minimum atomic E-state index is 0.260. The molecule has 3 nitrogen and oxygen atoms in total. The monoisotopic (exact) mass is 240 g/mol. The van der Waals surface area contributed by atoms with Crippen molar-refractivity contribution in [3.05, 3.63) is 15.6 Å². The van der Waals surface area contributed by atoms with Crippen molar-refractivity contribution < 1.29 is 5.11 Å². The Balaban J connectivity index is 2.04. The zero-order valence-corrected chi connectivity index (χ0v) is 10.6. The van der Waals surface area contributed by atoms with Crippen molar-refractivity contribution in [3.63, 3.8) is 0 Å². The summed E-state index contributed by atoms with van der Waals surface area (Å²) < 4.78 is 0. The first-order valence-corrected chi connectivity index (χ1v) is 6.93. The zero-order valence-electron chi connectivity index (χ0n) is 9.83. The van der Waals surface area contributed by atoms with E-state index in [1.54, 1.807) is 11.3 Å². The molecule has 1 saturated heterocycles. The molecule has 1 aliphatic heterocycles. The van der Waals surface area contributed by atoms with Gasteiger partial charge in [0.25, 0.3) is 0 Å². The molecule has 1 atom stereocenters. The first kappa shape index (κ1) is 12.0. The molecule has 1 fully saturated rings. The van der Waals surface area contributed by atoms with Gasteiger partial charge in [0.05, 0.1) is 16.7 Å². The average molecular weight is 240 g/mol. The van der Waals surface area contributed by atoms with Crippen molar-refractivity contribution in [1.82, 2.24) is 10.3 Å². The number of piperidine rings is 1. The highest BCUT2D eigenvalue weighted by Crippen LogP contribution is 2.28. The Morgan fingerprint density at radius 2 is 2.38 bits per heavy atom. The Morgan fingerprint density at radius 1 is 1.50 bits per heavy atom. The molecule has 2 rings (SSSR count). The van der Waals surface area contributed by atoms with Crippen LogP contribution in [0.2, 0.25) is 0 Å². The molecule has 1 aromatic rings. The lowest BCUT2D eigenvalue weighted by atomic mass is 10.0. The van der Waals surface area contributed by atoms with Crippen LogP contribution in [0, 0.1) is 6.92 Å². The molecule has 0 saturated carbocycles. The topological polar surface area (TPSA) is 45.2 Å². The summed E-state index contributed by atoms with van der Waals surface area (Å²) in [6.45, 7) is 3.54. The quantitative estimate of drug-likeness (QED) is 0.848. The van der Waals surface area contributed by atoms with E-state index < -0.39 is 0 Å². The molecule has 0 aromatic carbocycles. The minimum Gasteiger partial charge on any atom is -0.396 e. The van der Waals surface area contributed by atoms with Crippen molar-refractivity contribution in [1.29, 1.82) is 0 Å². The number of hydrogen-bond acceptors (Lipinski definition) is 4. The van der Waals surface area contributed by atoms with Gasteiger partial charge in [-0.1, -0.05) is 6.42 Å². The number of thiazole rings is 1. The van der Waals surface area contributed by atoms with Gasteiger partial charge in [0.15, 0.2) is 0 Å². The van der Waals surface area contributed by atoms with E-state index in [4.69, 9.17) is 10.1 Å². The second-order valence-corrected chi connectivity index (χ2v) is 5.67. The van der Waals surface area contributed by atoms with E-state index in [1.807, 2.05) is 0 Å². The van der Waals surface area contributed by atoms with Crippen LogP contribution in [0.1, 0.15) is 47.3 Å². The average Bonchev–Trinajstić information content (AvgIpc) is 2.69. The molecule has 0 radical (unpaired) electrons. The fraction of sp³-hybridized carbons (Fsp3) is 0.750. The fourth-order valence-electron chi connectivity index (χ4n) is 2.21. The molecular formula is C12H20N2OS. The molecule has 0 bridgehead atoms. The van der Waals surface area contributed by atoms with Gasteiger partial charge < -0.3 is 10.4 Å². The Hall–Kier alpha value is -0.450. The van der Waals surface area contributed by atoms with Crippen molar-refractivity contribution in [2.24, 2.45) is 0 Å². The van der Waals surface area contributed by atoms with Gasteiger partial charge in [0, 0.05) is 17.9 Å². The van der Waals surface area contributed by atoms with Gasteiger partial charge in [0.1, 0.15) is 0 Å². The van der Waals surface area contributed by atoms with Crippen molar-refractivity contribution in [2.45, 2.75) is 45.1 Å². The molecule has 1 aromatic heterocycles. The SMILES string of the molecule is Cc1sc(CCCO)nc1C1CCCCN1. The summed E-state index contributed by atoms with van der Waals surface area (Å²) >= 11 is 1.79. The lowest BCUT2D eigenvalue weighted by molar-refractivity contribution is 0.288. The van der Waals surface area contributed by atoms with Gasteiger partial charge in [-0.15, -0.1) is 11.3 Å². The summed E-state index contributed by atoms with van der Waals surface area (Å²) in [5.74, 6) is 0. The molecule has 2 N–H and O–H groups in total. The third-order valence-electron chi connectivity index (χ3n) is 3.07. The number of rotatable bonds is 4. The smallest absolute Gasteiger partial charge is 0.0932 e. The molecule has 0 amide bonds. The van der Waals surface area contributed by atoms with Gasteiger partial charge in [-0.2, -0.15) is 0 Å². The van der Waals surface area contributed by atoms with E-state index in [0.29, 0.717) is 6.04 Å². The van der Waals surface area contributed by atoms with Crippen LogP contribution in [0.25, 0.3) is 0 Å². The van der Waals surface area contributed by atoms with Crippen LogP contribution in [0.4, 0.5) is 0 Å². The number of hydrogen-bond donors (Lipinski definition) is 2. The summed E-state index contributed by atoms with van der Waals surface area (Å²) in [6.07, 6.45) is 5.54. The predicted octanol–water partition coefficient (Wildman–Crippen LogP) is 2.19. The minimum absolute atomic E-state index is 0.260. The number of nitrogens with zero attached hydrogens (tertiary/aromatic N) is 1. The van der Waals surface area contributed by atoms with Crippen LogP contribution in [0.5, 0.6) is 0 Å². The van der Waals surface area contributed by atoms with Gasteiger partial charge in [-0.05, 0) is 32.7 Å². The Labute approximate surface area is 101 Å². The van der Waals surface area contributed by atoms with Crippen LogP contribution < -0.4 is 5.32 Å². The summed E-state index contributed by atoms with van der Waals surface area (Å²) in [6, 6.07) is 0.466. The third kappa shape index (κ3) is 2.81. The lowest BCUT2D eigenvalue weighted by Gasteiger charge is -2.22. The Kier molecular flexibility index (Phi) is 4.32. The second-order valence-electron chi connectivity index (χ2n) is 4.38. The first-order chi connectivity index (χ1) is 7.81. The van der Waals surface area contributed by atoms with Crippen LogP contribution in [0.15, 0.2) is 0 Å². The Bertz CT molecular complexity index is 332. The van der Waals surface area contributed by atoms with Crippen LogP contribution in [-0.4, -0.2) is 23.2 Å². The maximum Gasteiger partial charge on any atom is 0.0932 e. The third-order valence-corrected chi connectivity index (χ3v) is 4.11. The van der Waals surface area contributed by atoms with E-state index in [2.05, 4.69) is 12.2 Å². The van der Waals surface area contributed by atoms with Crippen molar-refractivity contribution in [3.8, 4) is 0 Å². The molecular weight excluding hydrogens is 220 g/mol. The van der Waals surface area contributed by atoms with Gasteiger partial charge in [-0.25, -0.2) is 4.98 Å². The van der Waals surface area contributed by atoms with Gasteiger partial charge in [0.2, 0.25) is 0 Å². The molecule has 16 heavy (non-hydrogen) atoms. The van der Waals surface area contributed by atoms with Crippen molar-refractivity contribution in [2.75, 3.05) is 13.2 Å². The molecule has 0 spiro atoms. The normalized spacial score (nSPS) is 21.2. The summed E-state index contributed by atoms with van der Waals surface area (Å²) in [5, 5.41) is 13.5. The number of aryl methyl sites for hydroxylation is 2. The van der Waals surface area contributed by atoms with Crippen LogP contribution >= 0.6 is 11.3 Å². The van der Waals surface area contributed by atoms with Gasteiger partial charge >= 0.3 is 0 Å². The van der Waals surface area contributed by atoms with E-state index in [-0.39, 0.29) is 6.61 Å². The van der Waals surface area contributed by atoms with Crippen molar-refractivity contribution >= 4 is 11.3 Å². The summed E-state index contributed by atoms with van der Waals surface area (Å²) in [5.41, 5.74) is 1.25. The largest absolute Gasteiger partial charge is 0.396 e. The van der Waals surface area contributed by atoms with E-state index in [1.165, 1.54) is 34.8 Å². The van der Waals surface area contributed by atoms with E-state index in [9.17, 15) is 0 Å². The first-order valence-electron chi connectivity index (χ1n) is 6.11. The predicted molar refractivity (Wildman–Crippen MR) is 66.9 cm³/mol. The van der Waals surface area contributed by atoms with E-state index >= 15 is 0 Å². The lowest BCUT2D eigenvalue weighted by Crippen LogP contribution is -2.27. The maximum absolute atomic E-state index is 8.82. The number of nitrogens with one attached hydrogen (secondary N) is 1. The second kappa shape index (κ2) is 5.75. The highest BCUT2D eigenvalue weighted by molar-refractivity contribution is 7.11. The van der Waals surface area contributed by atoms with Crippen LogP contribution in [0.3, 0.4) is 0 Å². The maximum atomic E-state index is 8.82. The Morgan fingerprint density at radius 3 is 3.06 bits per heavy atom. The number of aliphatic hydroxyl groups is 1. The number of aliphatic hydroxyl groups excluding tert-OH is 1. The standard InChI is InChI=1S/C12H20N2OS/c1-9-12(10-5-2-3-7-13-10)14-11(16-9)6-4-8-15/h10,13,15H,2-8H2,1H3. The molecule has 1 aliphatic rings. The van der Waals surface area contributed by atoms with Crippen LogP contribution in [-0.2, 0) is 6.42 Å². The zero-order chi connectivity index (χ0) is 11.4. The van der Waals surface area contributed by atoms with E-state index in [0.717, 1.165) is 19.4 Å². The molecule has 2 heterocycles. The molecule has 1 unspecified atom stereocenters. The molecule has 0 aliphatic carbocycles. The molecule has 4 heteroatoms. The highest BCUT2D eigenvalue weighted by Gasteiger charge is 2.20. The number of aromatic nitrogens is 1. The van der Waals surface area contributed by atoms with Gasteiger partial charge in [-0.3, -0.25) is 0 Å². The highest BCUT2D eigenvalue weighted by atomic mass is 32.1. The summed E-state index contributed by atoms with van der Waals surface area (Å²) in [4.78, 5) is 6.06.